The molecular weight excluding hydrogens is 425 g/mol. The predicted molar refractivity (Wildman–Crippen MR) is 108 cm³/mol. The average Bonchev–Trinajstić information content (AvgIpc) is 3.35. The number of oxazole rings is 1. The Morgan fingerprint density at radius 2 is 2.19 bits per heavy atom. The number of benzene rings is 1. The number of aromatic nitrogens is 1. The number of carbonyl (C=O) groups is 1. The fourth-order valence-corrected chi connectivity index (χ4v) is 4.96. The van der Waals surface area contributed by atoms with Crippen LogP contribution in [0.15, 0.2) is 29.0 Å². The number of rotatable bonds is 4. The monoisotopic (exact) mass is 448 g/mol. The zero-order valence-electron chi connectivity index (χ0n) is 17.8. The summed E-state index contributed by atoms with van der Waals surface area (Å²) in [5.74, 6) is 0.102. The van der Waals surface area contributed by atoms with Gasteiger partial charge in [-0.1, -0.05) is 0 Å². The molecule has 1 aromatic carbocycles. The van der Waals surface area contributed by atoms with Crippen molar-refractivity contribution in [2.45, 2.75) is 19.5 Å². The molecule has 1 amide bonds. The summed E-state index contributed by atoms with van der Waals surface area (Å²) in [5.41, 5.74) is -0.842. The summed E-state index contributed by atoms with van der Waals surface area (Å²) in [6, 6.07) is 5.42. The number of alkyl halides is 3. The molecule has 0 saturated carbocycles. The highest BCUT2D eigenvalue weighted by molar-refractivity contribution is 5.92. The normalized spacial score (nSPS) is 23.2. The molecule has 0 N–H and O–H groups in total. The SMILES string of the molecule is COC[C@@]12CN(C(=O)c3ocnc3C)CC[C@@H]1CN(c1ccc(C#N)c(C(F)(F)F)c1)C2. The van der Waals surface area contributed by atoms with Crippen LogP contribution in [0.2, 0.25) is 0 Å². The molecule has 2 saturated heterocycles. The molecule has 3 heterocycles. The van der Waals surface area contributed by atoms with E-state index in [-0.39, 0.29) is 17.6 Å². The van der Waals surface area contributed by atoms with Gasteiger partial charge in [-0.05, 0) is 37.5 Å². The number of methoxy groups -OCH3 is 1. The minimum atomic E-state index is -4.62. The highest BCUT2D eigenvalue weighted by Gasteiger charge is 2.51. The van der Waals surface area contributed by atoms with Gasteiger partial charge >= 0.3 is 6.18 Å². The van der Waals surface area contributed by atoms with Crippen molar-refractivity contribution in [2.75, 3.05) is 44.8 Å². The van der Waals surface area contributed by atoms with Crippen LogP contribution in [-0.2, 0) is 10.9 Å². The molecule has 2 aliphatic heterocycles. The van der Waals surface area contributed by atoms with Crippen molar-refractivity contribution in [1.82, 2.24) is 9.88 Å². The van der Waals surface area contributed by atoms with Gasteiger partial charge in [0.2, 0.25) is 5.76 Å². The maximum Gasteiger partial charge on any atom is 0.417 e. The highest BCUT2D eigenvalue weighted by Crippen LogP contribution is 2.45. The Morgan fingerprint density at radius 3 is 2.81 bits per heavy atom. The van der Waals surface area contributed by atoms with Gasteiger partial charge in [-0.3, -0.25) is 4.79 Å². The average molecular weight is 448 g/mol. The van der Waals surface area contributed by atoms with Gasteiger partial charge < -0.3 is 19.0 Å². The van der Waals surface area contributed by atoms with Crippen molar-refractivity contribution < 1.29 is 27.1 Å². The number of ether oxygens (including phenoxy) is 1. The number of nitrogens with zero attached hydrogens (tertiary/aromatic N) is 4. The highest BCUT2D eigenvalue weighted by atomic mass is 19.4. The van der Waals surface area contributed by atoms with E-state index in [0.29, 0.717) is 50.6 Å². The Labute approximate surface area is 183 Å². The third-order valence-corrected chi connectivity index (χ3v) is 6.52. The molecule has 4 rings (SSSR count). The summed E-state index contributed by atoms with van der Waals surface area (Å²) in [6.07, 6.45) is -2.68. The summed E-state index contributed by atoms with van der Waals surface area (Å²) >= 11 is 0. The Bertz CT molecular complexity index is 1060. The molecule has 10 heteroatoms. The predicted octanol–water partition coefficient (Wildman–Crippen LogP) is 3.49. The number of hydrogen-bond donors (Lipinski definition) is 0. The molecule has 2 aromatic rings. The van der Waals surface area contributed by atoms with E-state index in [1.165, 1.54) is 12.5 Å². The minimum Gasteiger partial charge on any atom is -0.438 e. The van der Waals surface area contributed by atoms with Crippen molar-refractivity contribution in [3.8, 4) is 6.07 Å². The number of piperidine rings is 1. The molecule has 2 fully saturated rings. The second-order valence-corrected chi connectivity index (χ2v) is 8.49. The number of halogens is 3. The molecule has 0 bridgehead atoms. The van der Waals surface area contributed by atoms with Crippen molar-refractivity contribution >= 4 is 11.6 Å². The smallest absolute Gasteiger partial charge is 0.417 e. The van der Waals surface area contributed by atoms with E-state index in [1.54, 1.807) is 31.1 Å². The van der Waals surface area contributed by atoms with Gasteiger partial charge in [-0.15, -0.1) is 0 Å². The first-order valence-corrected chi connectivity index (χ1v) is 10.2. The van der Waals surface area contributed by atoms with E-state index in [9.17, 15) is 18.0 Å². The quantitative estimate of drug-likeness (QED) is 0.712. The maximum atomic E-state index is 13.5. The molecule has 0 spiro atoms. The molecule has 1 aromatic heterocycles. The Hall–Kier alpha value is -3.06. The summed E-state index contributed by atoms with van der Waals surface area (Å²) < 4.78 is 51.1. The number of amides is 1. The van der Waals surface area contributed by atoms with Crippen LogP contribution in [0.3, 0.4) is 0 Å². The van der Waals surface area contributed by atoms with Crippen LogP contribution in [0.25, 0.3) is 0 Å². The minimum absolute atomic E-state index is 0.146. The second kappa shape index (κ2) is 8.13. The van der Waals surface area contributed by atoms with E-state index >= 15 is 0 Å². The summed E-state index contributed by atoms with van der Waals surface area (Å²) in [4.78, 5) is 20.6. The fraction of sp³-hybridized carbons (Fsp3) is 0.500. The van der Waals surface area contributed by atoms with Crippen molar-refractivity contribution in [3.05, 3.63) is 47.2 Å². The molecule has 2 atom stereocenters. The number of anilines is 1. The maximum absolute atomic E-state index is 13.5. The van der Waals surface area contributed by atoms with Gasteiger partial charge in [-0.25, -0.2) is 4.98 Å². The molecule has 0 aliphatic carbocycles. The fourth-order valence-electron chi connectivity index (χ4n) is 4.96. The van der Waals surface area contributed by atoms with Crippen LogP contribution in [0.4, 0.5) is 18.9 Å². The third kappa shape index (κ3) is 3.81. The van der Waals surface area contributed by atoms with Crippen LogP contribution in [0.5, 0.6) is 0 Å². The number of carbonyl (C=O) groups excluding carboxylic acids is 1. The van der Waals surface area contributed by atoms with E-state index in [2.05, 4.69) is 4.98 Å². The first-order chi connectivity index (χ1) is 15.2. The first-order valence-electron chi connectivity index (χ1n) is 10.2. The molecule has 7 nitrogen and oxygen atoms in total. The summed E-state index contributed by atoms with van der Waals surface area (Å²) in [5, 5.41) is 9.07. The first kappa shape index (κ1) is 22.1. The Morgan fingerprint density at radius 1 is 1.41 bits per heavy atom. The zero-order chi connectivity index (χ0) is 23.1. The van der Waals surface area contributed by atoms with Gasteiger partial charge in [-0.2, -0.15) is 18.4 Å². The molecule has 170 valence electrons. The van der Waals surface area contributed by atoms with Crippen LogP contribution < -0.4 is 4.90 Å². The lowest BCUT2D eigenvalue weighted by Gasteiger charge is -2.43. The van der Waals surface area contributed by atoms with Crippen molar-refractivity contribution in [1.29, 1.82) is 5.26 Å². The Balaban J connectivity index is 1.61. The lowest BCUT2D eigenvalue weighted by atomic mass is 9.74. The summed E-state index contributed by atoms with van der Waals surface area (Å²) in [6.45, 7) is 3.99. The topological polar surface area (TPSA) is 82.6 Å². The standard InChI is InChI=1S/C22H23F3N4O3/c1-14-19(32-13-27-14)20(30)28-6-5-16-9-29(11-21(16,10-28)12-31-2)17-4-3-15(8-26)18(7-17)22(23,24)25/h3-4,7,13,16H,5-6,9-12H2,1-2H3/t16-,21+/m1/s1. The molecule has 2 aliphatic rings. The largest absolute Gasteiger partial charge is 0.438 e. The zero-order valence-corrected chi connectivity index (χ0v) is 17.8. The van der Waals surface area contributed by atoms with Crippen LogP contribution in [0, 0.1) is 29.6 Å². The van der Waals surface area contributed by atoms with Gasteiger partial charge in [0.05, 0.1) is 29.5 Å². The van der Waals surface area contributed by atoms with E-state index in [0.717, 1.165) is 6.07 Å². The number of likely N-dealkylation sites (tertiary alicyclic amines) is 1. The van der Waals surface area contributed by atoms with Crippen LogP contribution in [-0.4, -0.2) is 55.7 Å². The van der Waals surface area contributed by atoms with E-state index < -0.39 is 22.7 Å². The van der Waals surface area contributed by atoms with Gasteiger partial charge in [0.15, 0.2) is 6.39 Å². The molecular formula is C22H23F3N4O3. The Kier molecular flexibility index (Phi) is 5.63. The third-order valence-electron chi connectivity index (χ3n) is 6.52. The summed E-state index contributed by atoms with van der Waals surface area (Å²) in [7, 11) is 1.58. The number of aryl methyl sites for hydroxylation is 1. The van der Waals surface area contributed by atoms with Gasteiger partial charge in [0.1, 0.15) is 0 Å². The van der Waals surface area contributed by atoms with E-state index in [1.807, 2.05) is 4.90 Å². The van der Waals surface area contributed by atoms with Crippen molar-refractivity contribution in [2.24, 2.45) is 11.3 Å². The molecule has 32 heavy (non-hydrogen) atoms. The van der Waals surface area contributed by atoms with Gasteiger partial charge in [0, 0.05) is 44.4 Å². The number of hydrogen-bond acceptors (Lipinski definition) is 6. The van der Waals surface area contributed by atoms with Crippen molar-refractivity contribution in [3.63, 3.8) is 0 Å². The second-order valence-electron chi connectivity index (χ2n) is 8.49. The van der Waals surface area contributed by atoms with Crippen LogP contribution in [0.1, 0.15) is 33.8 Å². The van der Waals surface area contributed by atoms with Gasteiger partial charge in [0.25, 0.3) is 5.91 Å². The lowest BCUT2D eigenvalue weighted by molar-refractivity contribution is -0.137. The number of fused-ring (bicyclic) bond motifs is 1. The van der Waals surface area contributed by atoms with Crippen LogP contribution >= 0.6 is 0 Å². The lowest BCUT2D eigenvalue weighted by Crippen LogP contribution is -2.53. The number of nitriles is 1. The molecule has 0 radical (unpaired) electrons. The molecule has 0 unspecified atom stereocenters. The van der Waals surface area contributed by atoms with E-state index in [4.69, 9.17) is 14.4 Å².